The van der Waals surface area contributed by atoms with Gasteiger partial charge in [0.1, 0.15) is 0 Å². The second-order valence-electron chi connectivity index (χ2n) is 5.68. The number of benzene rings is 1. The molecule has 0 radical (unpaired) electrons. The molecule has 0 aromatic heterocycles. The van der Waals surface area contributed by atoms with E-state index in [4.69, 9.17) is 0 Å². The first kappa shape index (κ1) is 13.6. The van der Waals surface area contributed by atoms with Crippen molar-refractivity contribution < 1.29 is 0 Å². The standard InChI is InChI=1S/C16H26N2/c1-4-9-18(16-10-17-11-16)12-14-5-7-15(8-6-14)13(2)3/h5-8,13,16-17H,4,9-12H2,1-3H3. The predicted molar refractivity (Wildman–Crippen MR) is 77.9 cm³/mol. The highest BCUT2D eigenvalue weighted by atomic mass is 15.2. The van der Waals surface area contributed by atoms with Crippen molar-refractivity contribution in [3.8, 4) is 0 Å². The van der Waals surface area contributed by atoms with Gasteiger partial charge in [0.2, 0.25) is 0 Å². The van der Waals surface area contributed by atoms with Gasteiger partial charge >= 0.3 is 0 Å². The highest BCUT2D eigenvalue weighted by molar-refractivity contribution is 5.24. The molecule has 1 aliphatic heterocycles. The van der Waals surface area contributed by atoms with E-state index < -0.39 is 0 Å². The van der Waals surface area contributed by atoms with Gasteiger partial charge in [0, 0.05) is 25.7 Å². The second-order valence-corrected chi connectivity index (χ2v) is 5.68. The van der Waals surface area contributed by atoms with Crippen LogP contribution >= 0.6 is 0 Å². The average Bonchev–Trinajstić information content (AvgIpc) is 2.27. The number of hydrogen-bond donors (Lipinski definition) is 1. The summed E-state index contributed by atoms with van der Waals surface area (Å²) in [7, 11) is 0. The Morgan fingerprint density at radius 1 is 1.22 bits per heavy atom. The van der Waals surface area contributed by atoms with Gasteiger partial charge in [-0.3, -0.25) is 4.90 Å². The smallest absolute Gasteiger partial charge is 0.0348 e. The monoisotopic (exact) mass is 246 g/mol. The summed E-state index contributed by atoms with van der Waals surface area (Å²) in [4.78, 5) is 2.61. The summed E-state index contributed by atoms with van der Waals surface area (Å²) < 4.78 is 0. The zero-order chi connectivity index (χ0) is 13.0. The maximum Gasteiger partial charge on any atom is 0.0348 e. The Bertz CT molecular complexity index is 352. The van der Waals surface area contributed by atoms with Crippen molar-refractivity contribution in [1.29, 1.82) is 0 Å². The molecule has 0 bridgehead atoms. The van der Waals surface area contributed by atoms with E-state index in [1.807, 2.05) is 0 Å². The summed E-state index contributed by atoms with van der Waals surface area (Å²) in [6.07, 6.45) is 1.24. The predicted octanol–water partition coefficient (Wildman–Crippen LogP) is 2.99. The molecule has 0 amide bonds. The number of nitrogens with one attached hydrogen (secondary N) is 1. The molecule has 2 nitrogen and oxygen atoms in total. The molecule has 1 saturated heterocycles. The van der Waals surface area contributed by atoms with Crippen LogP contribution in [-0.4, -0.2) is 30.6 Å². The molecular formula is C16H26N2. The van der Waals surface area contributed by atoms with E-state index in [2.05, 4.69) is 55.3 Å². The van der Waals surface area contributed by atoms with Gasteiger partial charge in [-0.25, -0.2) is 0 Å². The van der Waals surface area contributed by atoms with Gasteiger partial charge in [-0.05, 0) is 30.0 Å². The zero-order valence-corrected chi connectivity index (χ0v) is 11.9. The third kappa shape index (κ3) is 3.33. The van der Waals surface area contributed by atoms with Crippen LogP contribution in [0.1, 0.15) is 44.2 Å². The minimum Gasteiger partial charge on any atom is -0.314 e. The van der Waals surface area contributed by atoms with Gasteiger partial charge in [0.05, 0.1) is 0 Å². The maximum absolute atomic E-state index is 3.37. The van der Waals surface area contributed by atoms with Crippen molar-refractivity contribution in [2.75, 3.05) is 19.6 Å². The zero-order valence-electron chi connectivity index (χ0n) is 11.9. The molecule has 0 saturated carbocycles. The molecule has 0 unspecified atom stereocenters. The Kier molecular flexibility index (Phi) is 4.79. The molecule has 1 fully saturated rings. The maximum atomic E-state index is 3.37. The number of nitrogens with zero attached hydrogens (tertiary/aromatic N) is 1. The summed E-state index contributed by atoms with van der Waals surface area (Å²) >= 11 is 0. The lowest BCUT2D eigenvalue weighted by molar-refractivity contribution is 0.138. The molecule has 100 valence electrons. The normalized spacial score (nSPS) is 16.3. The van der Waals surface area contributed by atoms with Crippen molar-refractivity contribution in [2.45, 2.75) is 45.7 Å². The molecule has 1 aliphatic rings. The van der Waals surface area contributed by atoms with Gasteiger partial charge < -0.3 is 5.32 Å². The van der Waals surface area contributed by atoms with E-state index in [1.165, 1.54) is 24.1 Å². The summed E-state index contributed by atoms with van der Waals surface area (Å²) in [6.45, 7) is 11.4. The van der Waals surface area contributed by atoms with Crippen molar-refractivity contribution >= 4 is 0 Å². The summed E-state index contributed by atoms with van der Waals surface area (Å²) in [5.74, 6) is 0.627. The Labute approximate surface area is 111 Å². The van der Waals surface area contributed by atoms with E-state index in [0.717, 1.165) is 25.7 Å². The van der Waals surface area contributed by atoms with E-state index in [0.29, 0.717) is 5.92 Å². The third-order valence-electron chi connectivity index (χ3n) is 3.82. The quantitative estimate of drug-likeness (QED) is 0.830. The minimum absolute atomic E-state index is 0.627. The number of rotatable bonds is 6. The van der Waals surface area contributed by atoms with Crippen LogP contribution in [0.3, 0.4) is 0 Å². The molecular weight excluding hydrogens is 220 g/mol. The van der Waals surface area contributed by atoms with Crippen LogP contribution in [0.15, 0.2) is 24.3 Å². The molecule has 18 heavy (non-hydrogen) atoms. The van der Waals surface area contributed by atoms with Crippen LogP contribution in [0.2, 0.25) is 0 Å². The summed E-state index contributed by atoms with van der Waals surface area (Å²) in [5.41, 5.74) is 2.88. The van der Waals surface area contributed by atoms with Crippen LogP contribution < -0.4 is 5.32 Å². The number of hydrogen-bond acceptors (Lipinski definition) is 2. The van der Waals surface area contributed by atoms with Crippen molar-refractivity contribution in [2.24, 2.45) is 0 Å². The largest absolute Gasteiger partial charge is 0.314 e. The molecule has 1 heterocycles. The Balaban J connectivity index is 1.97. The summed E-state index contributed by atoms with van der Waals surface area (Å²) in [5, 5.41) is 3.37. The van der Waals surface area contributed by atoms with E-state index in [1.54, 1.807) is 0 Å². The Hall–Kier alpha value is -0.860. The van der Waals surface area contributed by atoms with Crippen molar-refractivity contribution in [1.82, 2.24) is 10.2 Å². The van der Waals surface area contributed by atoms with Crippen molar-refractivity contribution in [3.63, 3.8) is 0 Å². The lowest BCUT2D eigenvalue weighted by Crippen LogP contribution is -2.56. The van der Waals surface area contributed by atoms with Crippen LogP contribution in [0.4, 0.5) is 0 Å². The molecule has 2 heteroatoms. The second kappa shape index (κ2) is 6.35. The van der Waals surface area contributed by atoms with Crippen LogP contribution in [0.25, 0.3) is 0 Å². The first-order valence-electron chi connectivity index (χ1n) is 7.24. The van der Waals surface area contributed by atoms with Gasteiger partial charge in [-0.1, -0.05) is 45.0 Å². The lowest BCUT2D eigenvalue weighted by Gasteiger charge is -2.38. The fraction of sp³-hybridized carbons (Fsp3) is 0.625. The SMILES string of the molecule is CCCN(Cc1ccc(C(C)C)cc1)C1CNC1. The Morgan fingerprint density at radius 2 is 1.89 bits per heavy atom. The Morgan fingerprint density at radius 3 is 2.33 bits per heavy atom. The van der Waals surface area contributed by atoms with Crippen LogP contribution in [-0.2, 0) is 6.54 Å². The van der Waals surface area contributed by atoms with E-state index >= 15 is 0 Å². The fourth-order valence-electron chi connectivity index (χ4n) is 2.45. The fourth-order valence-corrected chi connectivity index (χ4v) is 2.45. The molecule has 1 aromatic carbocycles. The minimum atomic E-state index is 0.627. The lowest BCUT2D eigenvalue weighted by atomic mass is 10.0. The van der Waals surface area contributed by atoms with Crippen molar-refractivity contribution in [3.05, 3.63) is 35.4 Å². The van der Waals surface area contributed by atoms with E-state index in [9.17, 15) is 0 Å². The third-order valence-corrected chi connectivity index (χ3v) is 3.82. The van der Waals surface area contributed by atoms with Gasteiger partial charge in [0.15, 0.2) is 0 Å². The molecule has 1 N–H and O–H groups in total. The molecule has 0 atom stereocenters. The van der Waals surface area contributed by atoms with Crippen LogP contribution in [0, 0.1) is 0 Å². The van der Waals surface area contributed by atoms with Gasteiger partial charge in [0.25, 0.3) is 0 Å². The molecule has 1 aromatic rings. The first-order chi connectivity index (χ1) is 8.70. The van der Waals surface area contributed by atoms with Gasteiger partial charge in [-0.2, -0.15) is 0 Å². The average molecular weight is 246 g/mol. The topological polar surface area (TPSA) is 15.3 Å². The summed E-state index contributed by atoms with van der Waals surface area (Å²) in [6, 6.07) is 9.90. The molecule has 0 aliphatic carbocycles. The molecule has 2 rings (SSSR count). The van der Waals surface area contributed by atoms with E-state index in [-0.39, 0.29) is 0 Å². The van der Waals surface area contributed by atoms with Crippen LogP contribution in [0.5, 0.6) is 0 Å². The highest BCUT2D eigenvalue weighted by Crippen LogP contribution is 2.17. The highest BCUT2D eigenvalue weighted by Gasteiger charge is 2.23. The first-order valence-corrected chi connectivity index (χ1v) is 7.24. The van der Waals surface area contributed by atoms with Gasteiger partial charge in [-0.15, -0.1) is 0 Å². The molecule has 0 spiro atoms.